The number of ketones is 1. The Bertz CT molecular complexity index is 643. The van der Waals surface area contributed by atoms with Crippen LogP contribution in [0.2, 0.25) is 0 Å². The molecule has 0 fully saturated rings. The molecule has 2 aromatic heterocycles. The molecule has 0 N–H and O–H groups in total. The standard InChI is InChI=1S/C12H10ClN3O2/c13-8-9(17)11-12(18)16(7-3-5-14)10-4-1-2-6-15(10)11/h1-2,4,6H,3,7-8H2. The van der Waals surface area contributed by atoms with Gasteiger partial charge < -0.3 is 5.11 Å². The van der Waals surface area contributed by atoms with Crippen molar-refractivity contribution in [1.29, 1.82) is 5.26 Å². The van der Waals surface area contributed by atoms with Crippen LogP contribution in [0, 0.1) is 11.3 Å². The molecule has 0 aromatic carbocycles. The SMILES string of the molecule is N#CCCn1c([O-])c(C(=O)CCl)[n+]2ccccc12. The smallest absolute Gasteiger partial charge is 0.286 e. The van der Waals surface area contributed by atoms with E-state index in [9.17, 15) is 9.90 Å². The van der Waals surface area contributed by atoms with Crippen LogP contribution < -0.4 is 9.51 Å². The Balaban J connectivity index is 2.68. The predicted molar refractivity (Wildman–Crippen MR) is 62.3 cm³/mol. The Kier molecular flexibility index (Phi) is 3.49. The van der Waals surface area contributed by atoms with Crippen LogP contribution in [0.25, 0.3) is 5.65 Å². The van der Waals surface area contributed by atoms with Crippen LogP contribution in [0.5, 0.6) is 5.88 Å². The number of carbonyl (C=O) groups excluding carboxylic acids is 1. The molecule has 0 aliphatic rings. The molecule has 6 heteroatoms. The minimum atomic E-state index is -0.418. The lowest BCUT2D eigenvalue weighted by atomic mass is 10.3. The van der Waals surface area contributed by atoms with Gasteiger partial charge in [0.05, 0.1) is 24.6 Å². The summed E-state index contributed by atoms with van der Waals surface area (Å²) in [6.45, 7) is 0.262. The summed E-state index contributed by atoms with van der Waals surface area (Å²) >= 11 is 5.51. The van der Waals surface area contributed by atoms with Crippen molar-refractivity contribution < 1.29 is 14.3 Å². The third kappa shape index (κ3) is 1.91. The Morgan fingerprint density at radius 2 is 2.33 bits per heavy atom. The summed E-state index contributed by atoms with van der Waals surface area (Å²) in [5.74, 6) is -1.06. The minimum Gasteiger partial charge on any atom is -0.839 e. The molecule has 0 bridgehead atoms. The maximum Gasteiger partial charge on any atom is 0.286 e. The van der Waals surface area contributed by atoms with Crippen molar-refractivity contribution in [3.05, 3.63) is 30.1 Å². The molecule has 18 heavy (non-hydrogen) atoms. The molecule has 0 aliphatic carbocycles. The van der Waals surface area contributed by atoms with E-state index in [0.29, 0.717) is 5.65 Å². The van der Waals surface area contributed by atoms with Crippen molar-refractivity contribution in [2.24, 2.45) is 0 Å². The predicted octanol–water partition coefficient (Wildman–Crippen LogP) is 0.636. The zero-order valence-corrected chi connectivity index (χ0v) is 10.2. The third-order valence-electron chi connectivity index (χ3n) is 2.64. The van der Waals surface area contributed by atoms with Crippen LogP contribution in [0.15, 0.2) is 24.4 Å². The second kappa shape index (κ2) is 5.07. The summed E-state index contributed by atoms with van der Waals surface area (Å²) in [6.07, 6.45) is 1.85. The van der Waals surface area contributed by atoms with Gasteiger partial charge in [0.15, 0.2) is 0 Å². The molecule has 5 nitrogen and oxygen atoms in total. The molecule has 0 radical (unpaired) electrons. The summed E-state index contributed by atoms with van der Waals surface area (Å²) in [7, 11) is 0. The second-order valence-corrected chi connectivity index (χ2v) is 3.97. The monoisotopic (exact) mass is 263 g/mol. The van der Waals surface area contributed by atoms with Gasteiger partial charge in [-0.2, -0.15) is 9.66 Å². The fraction of sp³-hybridized carbons (Fsp3) is 0.250. The van der Waals surface area contributed by atoms with Crippen molar-refractivity contribution in [1.82, 2.24) is 4.57 Å². The van der Waals surface area contributed by atoms with Crippen molar-refractivity contribution in [3.63, 3.8) is 0 Å². The van der Waals surface area contributed by atoms with Gasteiger partial charge in [0, 0.05) is 6.07 Å². The van der Waals surface area contributed by atoms with Crippen LogP contribution in [-0.2, 0) is 6.54 Å². The number of halogens is 1. The number of hydrogen-bond donors (Lipinski definition) is 0. The number of carbonyl (C=O) groups is 1. The van der Waals surface area contributed by atoms with Gasteiger partial charge in [0.1, 0.15) is 12.4 Å². The third-order valence-corrected chi connectivity index (χ3v) is 2.88. The molecule has 2 heterocycles. The average molecular weight is 264 g/mol. The first-order valence-corrected chi connectivity index (χ1v) is 5.90. The summed E-state index contributed by atoms with van der Waals surface area (Å²) in [6, 6.07) is 7.21. The molecule has 0 spiro atoms. The Hall–Kier alpha value is -2.06. The molecule has 2 aromatic rings. The number of hydrogen-bond acceptors (Lipinski definition) is 3. The fourth-order valence-electron chi connectivity index (χ4n) is 1.87. The number of rotatable bonds is 4. The van der Waals surface area contributed by atoms with E-state index < -0.39 is 11.7 Å². The van der Waals surface area contributed by atoms with Crippen LogP contribution in [-0.4, -0.2) is 16.2 Å². The van der Waals surface area contributed by atoms with E-state index in [0.717, 1.165) is 0 Å². The van der Waals surface area contributed by atoms with Crippen molar-refractivity contribution in [2.75, 3.05) is 5.88 Å². The van der Waals surface area contributed by atoms with E-state index in [-0.39, 0.29) is 24.5 Å². The molecule has 0 saturated heterocycles. The van der Waals surface area contributed by atoms with Gasteiger partial charge >= 0.3 is 0 Å². The molecule has 0 saturated carbocycles. The van der Waals surface area contributed by atoms with Crippen LogP contribution in [0.3, 0.4) is 0 Å². The molecule has 92 valence electrons. The molecule has 0 aliphatic heterocycles. The van der Waals surface area contributed by atoms with E-state index in [1.807, 2.05) is 6.07 Å². The minimum absolute atomic E-state index is 0.0403. The van der Waals surface area contributed by atoms with E-state index in [1.165, 1.54) is 8.97 Å². The van der Waals surface area contributed by atoms with Gasteiger partial charge in [-0.05, 0) is 6.07 Å². The van der Waals surface area contributed by atoms with Gasteiger partial charge in [-0.15, -0.1) is 11.6 Å². The number of fused-ring (bicyclic) bond motifs is 1. The number of Topliss-reactive ketones (excluding diaryl/α,β-unsaturated/α-hetero) is 1. The van der Waals surface area contributed by atoms with Crippen molar-refractivity contribution in [3.8, 4) is 11.9 Å². The van der Waals surface area contributed by atoms with Gasteiger partial charge in [0.2, 0.25) is 11.5 Å². The maximum atomic E-state index is 12.1. The Labute approximate surface area is 108 Å². The lowest BCUT2D eigenvalue weighted by Gasteiger charge is -2.03. The quantitative estimate of drug-likeness (QED) is 0.461. The Morgan fingerprint density at radius 1 is 1.56 bits per heavy atom. The van der Waals surface area contributed by atoms with E-state index in [1.54, 1.807) is 24.4 Å². The van der Waals surface area contributed by atoms with E-state index >= 15 is 0 Å². The normalized spacial score (nSPS) is 10.4. The van der Waals surface area contributed by atoms with E-state index in [4.69, 9.17) is 16.9 Å². The molecule has 0 unspecified atom stereocenters. The number of imidazole rings is 1. The van der Waals surface area contributed by atoms with Crippen LogP contribution in [0.1, 0.15) is 16.9 Å². The Morgan fingerprint density at radius 3 is 3.00 bits per heavy atom. The highest BCUT2D eigenvalue weighted by Gasteiger charge is 2.23. The first kappa shape index (κ1) is 12.4. The molecular formula is C12H10ClN3O2. The maximum absolute atomic E-state index is 12.1. The van der Waals surface area contributed by atoms with E-state index in [2.05, 4.69) is 0 Å². The number of nitrogens with zero attached hydrogens (tertiary/aromatic N) is 3. The zero-order chi connectivity index (χ0) is 13.1. The number of alkyl halides is 1. The summed E-state index contributed by atoms with van der Waals surface area (Å²) < 4.78 is 2.94. The molecule has 0 atom stereocenters. The lowest BCUT2D eigenvalue weighted by Crippen LogP contribution is -2.28. The number of nitriles is 1. The highest BCUT2D eigenvalue weighted by atomic mass is 35.5. The summed E-state index contributed by atoms with van der Waals surface area (Å²) in [5.41, 5.74) is 0.629. The van der Waals surface area contributed by atoms with Crippen molar-refractivity contribution in [2.45, 2.75) is 13.0 Å². The summed E-state index contributed by atoms with van der Waals surface area (Å²) in [5, 5.41) is 20.7. The largest absolute Gasteiger partial charge is 0.839 e. The second-order valence-electron chi connectivity index (χ2n) is 3.70. The lowest BCUT2D eigenvalue weighted by molar-refractivity contribution is -0.516. The van der Waals surface area contributed by atoms with Crippen molar-refractivity contribution >= 4 is 23.0 Å². The molecule has 2 rings (SSSR count). The van der Waals surface area contributed by atoms with Crippen LogP contribution in [0.4, 0.5) is 0 Å². The highest BCUT2D eigenvalue weighted by molar-refractivity contribution is 6.30. The number of pyridine rings is 1. The van der Waals surface area contributed by atoms with Gasteiger partial charge in [0.25, 0.3) is 5.65 Å². The first-order chi connectivity index (χ1) is 8.70. The topological polar surface area (TPSA) is 72.9 Å². The molecule has 0 amide bonds. The average Bonchev–Trinajstić information content (AvgIpc) is 2.68. The number of aryl methyl sites for hydroxylation is 1. The highest BCUT2D eigenvalue weighted by Crippen LogP contribution is 2.17. The molecular weight excluding hydrogens is 254 g/mol. The fourth-order valence-corrected chi connectivity index (χ4v) is 2.00. The summed E-state index contributed by atoms with van der Waals surface area (Å²) in [4.78, 5) is 11.7. The van der Waals surface area contributed by atoms with Gasteiger partial charge in [-0.3, -0.25) is 4.79 Å². The zero-order valence-electron chi connectivity index (χ0n) is 9.47. The number of aromatic nitrogens is 2. The van der Waals surface area contributed by atoms with Gasteiger partial charge in [-0.1, -0.05) is 6.07 Å². The van der Waals surface area contributed by atoms with Crippen LogP contribution >= 0.6 is 11.6 Å². The first-order valence-electron chi connectivity index (χ1n) is 5.36. The van der Waals surface area contributed by atoms with Gasteiger partial charge in [-0.25, -0.2) is 4.57 Å².